The summed E-state index contributed by atoms with van der Waals surface area (Å²) in [6.45, 7) is 4.19. The van der Waals surface area contributed by atoms with Crippen molar-refractivity contribution in [3.05, 3.63) is 101 Å². The van der Waals surface area contributed by atoms with Crippen LogP contribution in [0.4, 0.5) is 11.4 Å². The second-order valence-electron chi connectivity index (χ2n) is 8.53. The minimum atomic E-state index is -1.64. The lowest BCUT2D eigenvalue weighted by Gasteiger charge is -2.30. The van der Waals surface area contributed by atoms with Crippen molar-refractivity contribution in [1.29, 1.82) is 5.41 Å². The van der Waals surface area contributed by atoms with Crippen molar-refractivity contribution in [2.75, 3.05) is 36.4 Å². The standard InChI is InChI=1S/C28H27ClN4OS/c29-22-8-3-5-20(17-22)19-32-26-12-11-23(33-15-13-31-14-16-33)18-25(26)28(30)35(34)27-10-4-7-21-6-1-2-9-24(21)27/h1-12,17-18,30-32H,13-16,19H2. The fourth-order valence-corrected chi connectivity index (χ4v) is 5.79. The minimum Gasteiger partial charge on any atom is -0.380 e. The number of halogens is 1. The lowest BCUT2D eigenvalue weighted by molar-refractivity contribution is 0.589. The zero-order valence-corrected chi connectivity index (χ0v) is 20.8. The van der Waals surface area contributed by atoms with Gasteiger partial charge in [0.15, 0.2) is 0 Å². The monoisotopic (exact) mass is 502 g/mol. The van der Waals surface area contributed by atoms with Gasteiger partial charge in [-0.25, -0.2) is 4.21 Å². The molecule has 1 aliphatic rings. The molecule has 0 saturated carbocycles. The fourth-order valence-electron chi connectivity index (χ4n) is 4.41. The number of hydrogen-bond acceptors (Lipinski definition) is 5. The van der Waals surface area contributed by atoms with E-state index in [0.29, 0.717) is 22.0 Å². The molecule has 1 unspecified atom stereocenters. The van der Waals surface area contributed by atoms with Crippen LogP contribution in [0.1, 0.15) is 11.1 Å². The number of rotatable bonds is 6. The van der Waals surface area contributed by atoms with Crippen LogP contribution in [0.5, 0.6) is 0 Å². The van der Waals surface area contributed by atoms with Crippen molar-refractivity contribution < 1.29 is 4.21 Å². The first-order valence-corrected chi connectivity index (χ1v) is 13.2. The Morgan fingerprint density at radius 3 is 2.57 bits per heavy atom. The topological polar surface area (TPSA) is 68.2 Å². The summed E-state index contributed by atoms with van der Waals surface area (Å²) in [4.78, 5) is 2.95. The number of anilines is 2. The van der Waals surface area contributed by atoms with E-state index in [0.717, 1.165) is 53.9 Å². The van der Waals surface area contributed by atoms with Crippen molar-refractivity contribution >= 4 is 49.6 Å². The molecule has 0 aromatic heterocycles. The van der Waals surface area contributed by atoms with Crippen molar-refractivity contribution in [2.45, 2.75) is 11.4 Å². The number of piperazine rings is 1. The normalized spacial score (nSPS) is 14.6. The average molecular weight is 503 g/mol. The molecule has 0 spiro atoms. The van der Waals surface area contributed by atoms with Gasteiger partial charge < -0.3 is 15.5 Å². The SMILES string of the molecule is N=C(c1cc(N2CCNCC2)ccc1NCc1cccc(Cl)c1)S(=O)c1cccc2ccccc12. The van der Waals surface area contributed by atoms with Crippen LogP contribution in [-0.4, -0.2) is 35.4 Å². The van der Waals surface area contributed by atoms with Gasteiger partial charge in [-0.1, -0.05) is 60.1 Å². The average Bonchev–Trinajstić information content (AvgIpc) is 2.91. The highest BCUT2D eigenvalue weighted by molar-refractivity contribution is 8.01. The van der Waals surface area contributed by atoms with Gasteiger partial charge in [-0.2, -0.15) is 0 Å². The van der Waals surface area contributed by atoms with Gasteiger partial charge in [0.05, 0.1) is 4.90 Å². The van der Waals surface area contributed by atoms with Crippen LogP contribution in [0.2, 0.25) is 5.02 Å². The molecule has 1 saturated heterocycles. The first-order valence-electron chi connectivity index (χ1n) is 11.7. The third-order valence-electron chi connectivity index (χ3n) is 6.24. The van der Waals surface area contributed by atoms with Crippen LogP contribution in [-0.2, 0) is 17.3 Å². The lowest BCUT2D eigenvalue weighted by atomic mass is 10.1. The Morgan fingerprint density at radius 2 is 1.74 bits per heavy atom. The van der Waals surface area contributed by atoms with Gasteiger partial charge in [-0.05, 0) is 52.7 Å². The van der Waals surface area contributed by atoms with Crippen LogP contribution in [0.25, 0.3) is 10.8 Å². The maximum absolute atomic E-state index is 13.7. The Hall–Kier alpha value is -3.19. The van der Waals surface area contributed by atoms with Gasteiger partial charge in [0.1, 0.15) is 15.8 Å². The van der Waals surface area contributed by atoms with E-state index in [1.165, 1.54) is 0 Å². The van der Waals surface area contributed by atoms with Gasteiger partial charge >= 0.3 is 0 Å². The van der Waals surface area contributed by atoms with Gasteiger partial charge in [0.2, 0.25) is 0 Å². The Morgan fingerprint density at radius 1 is 0.971 bits per heavy atom. The molecule has 7 heteroatoms. The smallest absolute Gasteiger partial charge is 0.133 e. The first-order chi connectivity index (χ1) is 17.1. The second kappa shape index (κ2) is 10.6. The Labute approximate surface area is 213 Å². The van der Waals surface area contributed by atoms with Crippen molar-refractivity contribution in [3.63, 3.8) is 0 Å². The van der Waals surface area contributed by atoms with Gasteiger partial charge in [0.25, 0.3) is 0 Å². The molecule has 0 aliphatic carbocycles. The first kappa shape index (κ1) is 23.5. The summed E-state index contributed by atoms with van der Waals surface area (Å²) < 4.78 is 13.7. The van der Waals surface area contributed by atoms with E-state index in [-0.39, 0.29) is 5.04 Å². The molecule has 1 aliphatic heterocycles. The van der Waals surface area contributed by atoms with Crippen molar-refractivity contribution in [2.24, 2.45) is 0 Å². The highest BCUT2D eigenvalue weighted by Gasteiger charge is 2.20. The number of nitrogens with zero attached hydrogens (tertiary/aromatic N) is 1. The molecule has 0 bridgehead atoms. The van der Waals surface area contributed by atoms with Gasteiger partial charge in [-0.3, -0.25) is 5.41 Å². The van der Waals surface area contributed by atoms with Crippen molar-refractivity contribution in [1.82, 2.24) is 5.32 Å². The van der Waals surface area contributed by atoms with Crippen LogP contribution in [0.3, 0.4) is 0 Å². The van der Waals surface area contributed by atoms with E-state index in [9.17, 15) is 4.21 Å². The molecular formula is C28H27ClN4OS. The van der Waals surface area contributed by atoms with Crippen LogP contribution >= 0.6 is 11.6 Å². The quantitative estimate of drug-likeness (QED) is 0.235. The fraction of sp³-hybridized carbons (Fsp3) is 0.179. The molecular weight excluding hydrogens is 476 g/mol. The third kappa shape index (κ3) is 5.25. The van der Waals surface area contributed by atoms with E-state index in [1.54, 1.807) is 0 Å². The van der Waals surface area contributed by atoms with Crippen LogP contribution in [0.15, 0.2) is 89.8 Å². The van der Waals surface area contributed by atoms with Crippen LogP contribution in [0, 0.1) is 5.41 Å². The molecule has 3 N–H and O–H groups in total. The Bertz CT molecular complexity index is 1400. The maximum atomic E-state index is 13.7. The third-order valence-corrected chi connectivity index (χ3v) is 7.82. The lowest BCUT2D eigenvalue weighted by Crippen LogP contribution is -2.43. The molecule has 5 nitrogen and oxygen atoms in total. The summed E-state index contributed by atoms with van der Waals surface area (Å²) in [7, 11) is -1.64. The summed E-state index contributed by atoms with van der Waals surface area (Å²) in [5.41, 5.74) is 3.50. The molecule has 4 aromatic rings. The summed E-state index contributed by atoms with van der Waals surface area (Å²) in [6.07, 6.45) is 0. The maximum Gasteiger partial charge on any atom is 0.133 e. The summed E-state index contributed by atoms with van der Waals surface area (Å²) in [5, 5.41) is 18.5. The summed E-state index contributed by atoms with van der Waals surface area (Å²) in [6, 6.07) is 27.4. The number of nitrogens with one attached hydrogen (secondary N) is 3. The number of fused-ring (bicyclic) bond motifs is 1. The molecule has 178 valence electrons. The molecule has 0 radical (unpaired) electrons. The Kier molecular flexibility index (Phi) is 7.13. The van der Waals surface area contributed by atoms with E-state index in [1.807, 2.05) is 78.9 Å². The van der Waals surface area contributed by atoms with E-state index in [4.69, 9.17) is 17.0 Å². The number of hydrogen-bond donors (Lipinski definition) is 3. The highest BCUT2D eigenvalue weighted by Crippen LogP contribution is 2.29. The number of benzene rings is 4. The molecule has 5 rings (SSSR count). The van der Waals surface area contributed by atoms with Gasteiger partial charge in [-0.15, -0.1) is 0 Å². The highest BCUT2D eigenvalue weighted by atomic mass is 35.5. The van der Waals surface area contributed by atoms with E-state index < -0.39 is 10.8 Å². The second-order valence-corrected chi connectivity index (χ2v) is 10.3. The zero-order valence-electron chi connectivity index (χ0n) is 19.3. The summed E-state index contributed by atoms with van der Waals surface area (Å²) >= 11 is 6.16. The molecule has 35 heavy (non-hydrogen) atoms. The molecule has 0 amide bonds. The molecule has 1 atom stereocenters. The summed E-state index contributed by atoms with van der Waals surface area (Å²) in [5.74, 6) is 0. The van der Waals surface area contributed by atoms with Gasteiger partial charge in [0, 0.05) is 54.7 Å². The Balaban J connectivity index is 1.50. The van der Waals surface area contributed by atoms with E-state index in [2.05, 4.69) is 21.6 Å². The predicted octanol–water partition coefficient (Wildman–Crippen LogP) is 5.65. The molecule has 4 aromatic carbocycles. The minimum absolute atomic E-state index is 0.0898. The largest absolute Gasteiger partial charge is 0.380 e. The predicted molar refractivity (Wildman–Crippen MR) is 147 cm³/mol. The van der Waals surface area contributed by atoms with E-state index >= 15 is 0 Å². The molecule has 1 heterocycles. The molecule has 1 fully saturated rings. The van der Waals surface area contributed by atoms with Crippen LogP contribution < -0.4 is 15.5 Å². The van der Waals surface area contributed by atoms with Crippen molar-refractivity contribution in [3.8, 4) is 0 Å². The zero-order chi connectivity index (χ0) is 24.2.